The number of nitrogens with zero attached hydrogens (tertiary/aromatic N) is 1. The van der Waals surface area contributed by atoms with Gasteiger partial charge < -0.3 is 5.32 Å². The number of nitrogens with one attached hydrogen (secondary N) is 2. The predicted octanol–water partition coefficient (Wildman–Crippen LogP) is 7.75. The first-order chi connectivity index (χ1) is 15.9. The Morgan fingerprint density at radius 2 is 1.56 bits per heavy atom. The van der Waals surface area contributed by atoms with Crippen molar-refractivity contribution in [2.45, 2.75) is 61.3 Å². The molecule has 0 unspecified atom stereocenters. The standard InChI is InChI=1S/C19H22ClF2N3O2S.C4H10.C2H6/c1-12-7-9-25(10-8-12)28(26,27)24-17-6-4-15(21)18(22)19(17)23-16-5-3-13(2)11-14(16)20;1-4(2)3;1-2/h3-6,11-12,23-24H,7-10H2,1-2H3;4H,1-3H3;1-2H3. The van der Waals surface area contributed by atoms with Crippen molar-refractivity contribution in [1.29, 1.82) is 0 Å². The molecule has 0 aliphatic carbocycles. The van der Waals surface area contributed by atoms with E-state index < -0.39 is 21.8 Å². The second-order valence-electron chi connectivity index (χ2n) is 8.81. The highest BCUT2D eigenvalue weighted by Crippen LogP contribution is 2.34. The topological polar surface area (TPSA) is 61.4 Å². The average Bonchev–Trinajstić information content (AvgIpc) is 2.76. The van der Waals surface area contributed by atoms with E-state index in [2.05, 4.69) is 37.7 Å². The zero-order chi connectivity index (χ0) is 26.1. The van der Waals surface area contributed by atoms with E-state index in [4.69, 9.17) is 11.6 Å². The molecular formula is C25H38ClF2N3O2S. The van der Waals surface area contributed by atoms with Crippen LogP contribution in [0.25, 0.3) is 0 Å². The fourth-order valence-electron chi connectivity index (χ4n) is 3.04. The first-order valence-corrected chi connectivity index (χ1v) is 13.5. The van der Waals surface area contributed by atoms with Gasteiger partial charge >= 0.3 is 10.2 Å². The second kappa shape index (κ2) is 13.9. The molecular weight excluding hydrogens is 480 g/mol. The largest absolute Gasteiger partial charge is 0.350 e. The van der Waals surface area contributed by atoms with Crippen molar-refractivity contribution in [3.8, 4) is 0 Å². The van der Waals surface area contributed by atoms with Gasteiger partial charge in [0.05, 0.1) is 16.4 Å². The van der Waals surface area contributed by atoms with E-state index in [0.29, 0.717) is 29.7 Å². The molecule has 9 heteroatoms. The molecule has 2 N–H and O–H groups in total. The van der Waals surface area contributed by atoms with E-state index in [-0.39, 0.29) is 11.4 Å². The van der Waals surface area contributed by atoms with Crippen molar-refractivity contribution in [1.82, 2.24) is 4.31 Å². The molecule has 34 heavy (non-hydrogen) atoms. The molecule has 0 saturated carbocycles. The summed E-state index contributed by atoms with van der Waals surface area (Å²) < 4.78 is 57.5. The number of piperidine rings is 1. The summed E-state index contributed by atoms with van der Waals surface area (Å²) in [5.41, 5.74) is 0.827. The predicted molar refractivity (Wildman–Crippen MR) is 140 cm³/mol. The summed E-state index contributed by atoms with van der Waals surface area (Å²) in [5.74, 6) is -1.000. The number of halogens is 3. The monoisotopic (exact) mass is 517 g/mol. The van der Waals surface area contributed by atoms with Crippen molar-refractivity contribution < 1.29 is 17.2 Å². The van der Waals surface area contributed by atoms with E-state index in [9.17, 15) is 17.2 Å². The third-order valence-electron chi connectivity index (χ3n) is 4.80. The lowest BCUT2D eigenvalue weighted by molar-refractivity contribution is 0.289. The summed E-state index contributed by atoms with van der Waals surface area (Å²) in [7, 11) is -3.90. The number of aryl methyl sites for hydroxylation is 1. The van der Waals surface area contributed by atoms with E-state index >= 15 is 0 Å². The van der Waals surface area contributed by atoms with Crippen molar-refractivity contribution >= 4 is 38.9 Å². The fraction of sp³-hybridized carbons (Fsp3) is 0.520. The van der Waals surface area contributed by atoms with Gasteiger partial charge in [0.2, 0.25) is 0 Å². The van der Waals surface area contributed by atoms with Crippen molar-refractivity contribution in [2.24, 2.45) is 11.8 Å². The molecule has 2 aromatic rings. The maximum absolute atomic E-state index is 14.5. The average molecular weight is 518 g/mol. The Morgan fingerprint density at radius 1 is 1.03 bits per heavy atom. The smallest absolute Gasteiger partial charge is 0.301 e. The minimum atomic E-state index is -3.90. The molecule has 5 nitrogen and oxygen atoms in total. The Balaban J connectivity index is 0.000000872. The van der Waals surface area contributed by atoms with Gasteiger partial charge in [-0.3, -0.25) is 4.72 Å². The molecule has 1 heterocycles. The lowest BCUT2D eigenvalue weighted by Gasteiger charge is -2.30. The minimum absolute atomic E-state index is 0.0887. The van der Waals surface area contributed by atoms with Crippen LogP contribution in [0.2, 0.25) is 5.02 Å². The summed E-state index contributed by atoms with van der Waals surface area (Å²) in [4.78, 5) is 0. The highest BCUT2D eigenvalue weighted by molar-refractivity contribution is 7.90. The molecule has 0 atom stereocenters. The summed E-state index contributed by atoms with van der Waals surface area (Å²) in [5, 5.41) is 3.03. The van der Waals surface area contributed by atoms with Crippen molar-refractivity contribution in [2.75, 3.05) is 23.1 Å². The van der Waals surface area contributed by atoms with Crippen LogP contribution in [-0.2, 0) is 10.2 Å². The van der Waals surface area contributed by atoms with Crippen LogP contribution in [0, 0.1) is 30.4 Å². The van der Waals surface area contributed by atoms with Crippen LogP contribution in [0.15, 0.2) is 30.3 Å². The molecule has 1 saturated heterocycles. The van der Waals surface area contributed by atoms with Crippen LogP contribution < -0.4 is 10.0 Å². The van der Waals surface area contributed by atoms with Gasteiger partial charge in [-0.05, 0) is 61.4 Å². The number of benzene rings is 2. The molecule has 0 bridgehead atoms. The SMILES string of the molecule is CC.CC(C)C.Cc1ccc(Nc2c(NS(=O)(=O)N3CCC(C)CC3)ccc(F)c2F)c(Cl)c1. The van der Waals surface area contributed by atoms with Crippen LogP contribution in [0.4, 0.5) is 25.8 Å². The van der Waals surface area contributed by atoms with Gasteiger partial charge in [0.25, 0.3) is 0 Å². The Labute approximate surface area is 209 Å². The summed E-state index contributed by atoms with van der Waals surface area (Å²) in [6.45, 7) is 15.2. The lowest BCUT2D eigenvalue weighted by Crippen LogP contribution is -2.41. The molecule has 0 spiro atoms. The van der Waals surface area contributed by atoms with Gasteiger partial charge in [-0.2, -0.15) is 12.7 Å². The highest BCUT2D eigenvalue weighted by atomic mass is 35.5. The summed E-state index contributed by atoms with van der Waals surface area (Å²) in [6, 6.07) is 7.11. The van der Waals surface area contributed by atoms with Gasteiger partial charge in [0.1, 0.15) is 5.69 Å². The normalized spacial score (nSPS) is 14.6. The van der Waals surface area contributed by atoms with Crippen LogP contribution >= 0.6 is 11.6 Å². The lowest BCUT2D eigenvalue weighted by atomic mass is 10.0. The first-order valence-electron chi connectivity index (χ1n) is 11.7. The fourth-order valence-corrected chi connectivity index (χ4v) is 4.59. The maximum atomic E-state index is 14.5. The van der Waals surface area contributed by atoms with Crippen LogP contribution in [0.5, 0.6) is 0 Å². The first kappa shape index (κ1) is 30.1. The molecule has 3 rings (SSSR count). The molecule has 0 radical (unpaired) electrons. The van der Waals surface area contributed by atoms with E-state index in [1.807, 2.05) is 20.8 Å². The molecule has 0 aromatic heterocycles. The number of hydrogen-bond donors (Lipinski definition) is 2. The summed E-state index contributed by atoms with van der Waals surface area (Å²) in [6.07, 6.45) is 1.51. The Morgan fingerprint density at radius 3 is 2.09 bits per heavy atom. The number of hydrogen-bond acceptors (Lipinski definition) is 3. The Bertz CT molecular complexity index is 1020. The molecule has 1 aliphatic rings. The third-order valence-corrected chi connectivity index (χ3v) is 6.64. The Hall–Kier alpha value is -1.90. The zero-order valence-corrected chi connectivity index (χ0v) is 22.7. The zero-order valence-electron chi connectivity index (χ0n) is 21.2. The molecule has 192 valence electrons. The molecule has 0 amide bonds. The number of anilines is 3. The Kier molecular flexibility index (Phi) is 12.3. The third kappa shape index (κ3) is 9.04. The second-order valence-corrected chi connectivity index (χ2v) is 10.9. The highest BCUT2D eigenvalue weighted by Gasteiger charge is 2.28. The van der Waals surface area contributed by atoms with Gasteiger partial charge in [-0.1, -0.05) is 59.2 Å². The molecule has 1 aliphatic heterocycles. The molecule has 1 fully saturated rings. The molecule has 2 aromatic carbocycles. The minimum Gasteiger partial charge on any atom is -0.350 e. The van der Waals surface area contributed by atoms with Gasteiger partial charge in [-0.15, -0.1) is 0 Å². The summed E-state index contributed by atoms with van der Waals surface area (Å²) >= 11 is 6.17. The van der Waals surface area contributed by atoms with Crippen LogP contribution in [0.1, 0.15) is 59.9 Å². The van der Waals surface area contributed by atoms with E-state index in [0.717, 1.165) is 30.4 Å². The van der Waals surface area contributed by atoms with Gasteiger partial charge in [0.15, 0.2) is 11.6 Å². The van der Waals surface area contributed by atoms with Crippen LogP contribution in [0.3, 0.4) is 0 Å². The quantitative estimate of drug-likeness (QED) is 0.426. The number of rotatable bonds is 5. The van der Waals surface area contributed by atoms with Crippen molar-refractivity contribution in [3.63, 3.8) is 0 Å². The van der Waals surface area contributed by atoms with Gasteiger partial charge in [0, 0.05) is 13.1 Å². The van der Waals surface area contributed by atoms with E-state index in [1.54, 1.807) is 18.2 Å². The maximum Gasteiger partial charge on any atom is 0.301 e. The van der Waals surface area contributed by atoms with Gasteiger partial charge in [-0.25, -0.2) is 8.78 Å². The van der Waals surface area contributed by atoms with Crippen molar-refractivity contribution in [3.05, 3.63) is 52.6 Å². The van der Waals surface area contributed by atoms with Crippen LogP contribution in [-0.4, -0.2) is 25.8 Å². The van der Waals surface area contributed by atoms with E-state index in [1.165, 1.54) is 10.4 Å².